The summed E-state index contributed by atoms with van der Waals surface area (Å²) in [4.78, 5) is 25.5. The molecule has 1 saturated heterocycles. The maximum atomic E-state index is 12.7. The second-order valence-corrected chi connectivity index (χ2v) is 8.11. The van der Waals surface area contributed by atoms with Crippen molar-refractivity contribution in [2.24, 2.45) is 0 Å². The summed E-state index contributed by atoms with van der Waals surface area (Å²) in [6.45, 7) is 1.24. The summed E-state index contributed by atoms with van der Waals surface area (Å²) in [5, 5.41) is 9.13. The maximum Gasteiger partial charge on any atom is 0.409 e. The number of rotatable bonds is 5. The van der Waals surface area contributed by atoms with Gasteiger partial charge in [0.1, 0.15) is 18.5 Å². The van der Waals surface area contributed by atoms with Gasteiger partial charge in [0.15, 0.2) is 0 Å². The Morgan fingerprint density at radius 3 is 2.31 bits per heavy atom. The molecular weight excluding hydrogens is 406 g/mol. The Morgan fingerprint density at radius 1 is 0.938 bits per heavy atom. The predicted octanol–water partition coefficient (Wildman–Crippen LogP) is 4.79. The van der Waals surface area contributed by atoms with Crippen LogP contribution in [0.5, 0.6) is 5.75 Å². The highest BCUT2D eigenvalue weighted by atomic mass is 16.6. The molecule has 0 saturated carbocycles. The van der Waals surface area contributed by atoms with Crippen molar-refractivity contribution in [2.45, 2.75) is 18.4 Å². The molecule has 0 spiro atoms. The first kappa shape index (κ1) is 20.1. The summed E-state index contributed by atoms with van der Waals surface area (Å²) in [6.07, 6.45) is 0.123. The number of benzene rings is 3. The second kappa shape index (κ2) is 8.38. The Kier molecular flexibility index (Phi) is 5.27. The van der Waals surface area contributed by atoms with Crippen molar-refractivity contribution in [1.82, 2.24) is 4.90 Å². The van der Waals surface area contributed by atoms with E-state index < -0.39 is 5.97 Å². The van der Waals surface area contributed by atoms with Crippen LogP contribution in [0.25, 0.3) is 11.1 Å². The molecule has 1 aliphatic heterocycles. The van der Waals surface area contributed by atoms with Gasteiger partial charge in [-0.05, 0) is 40.5 Å². The summed E-state index contributed by atoms with van der Waals surface area (Å²) in [5.74, 6) is -0.480. The minimum Gasteiger partial charge on any atom is -0.488 e. The van der Waals surface area contributed by atoms with Gasteiger partial charge >= 0.3 is 12.1 Å². The zero-order valence-electron chi connectivity index (χ0n) is 17.4. The lowest BCUT2D eigenvalue weighted by atomic mass is 9.98. The van der Waals surface area contributed by atoms with E-state index in [2.05, 4.69) is 24.3 Å². The summed E-state index contributed by atoms with van der Waals surface area (Å²) >= 11 is 0. The zero-order valence-corrected chi connectivity index (χ0v) is 17.4. The normalized spacial score (nSPS) is 17.0. The van der Waals surface area contributed by atoms with Crippen LogP contribution in [-0.2, 0) is 4.74 Å². The minimum absolute atomic E-state index is 0.0276. The molecule has 0 radical (unpaired) electrons. The molecule has 162 valence electrons. The van der Waals surface area contributed by atoms with E-state index in [1.54, 1.807) is 17.0 Å². The summed E-state index contributed by atoms with van der Waals surface area (Å²) in [5.41, 5.74) is 4.93. The fraction of sp³-hybridized carbons (Fsp3) is 0.231. The number of carbonyl (C=O) groups excluding carboxylic acids is 1. The van der Waals surface area contributed by atoms with Crippen molar-refractivity contribution in [1.29, 1.82) is 0 Å². The van der Waals surface area contributed by atoms with Crippen molar-refractivity contribution >= 4 is 12.1 Å². The molecule has 6 heteroatoms. The van der Waals surface area contributed by atoms with Crippen LogP contribution in [0.2, 0.25) is 0 Å². The van der Waals surface area contributed by atoms with Gasteiger partial charge in [-0.2, -0.15) is 0 Å². The third-order valence-electron chi connectivity index (χ3n) is 6.12. The standard InChI is InChI=1S/C26H23NO5/c28-25(29)17-6-5-7-18(14-17)32-19-12-13-27(15-19)26(30)31-16-24-22-10-3-1-8-20(22)21-9-2-4-11-23(21)24/h1-11,14,19,24H,12-13,15-16H2,(H,28,29). The highest BCUT2D eigenvalue weighted by Gasteiger charge is 2.32. The Bertz CT molecular complexity index is 1130. The zero-order chi connectivity index (χ0) is 22.1. The van der Waals surface area contributed by atoms with Crippen LogP contribution in [-0.4, -0.2) is 47.9 Å². The molecule has 32 heavy (non-hydrogen) atoms. The van der Waals surface area contributed by atoms with Gasteiger partial charge in [-0.15, -0.1) is 0 Å². The lowest BCUT2D eigenvalue weighted by molar-refractivity contribution is 0.0696. The lowest BCUT2D eigenvalue weighted by Gasteiger charge is -2.19. The first-order valence-corrected chi connectivity index (χ1v) is 10.7. The van der Waals surface area contributed by atoms with Gasteiger partial charge < -0.3 is 19.5 Å². The molecule has 3 aromatic rings. The van der Waals surface area contributed by atoms with E-state index in [9.17, 15) is 9.59 Å². The molecule has 1 N–H and O–H groups in total. The fourth-order valence-electron chi connectivity index (χ4n) is 4.57. The first-order valence-electron chi connectivity index (χ1n) is 10.7. The summed E-state index contributed by atoms with van der Waals surface area (Å²) in [6, 6.07) is 22.9. The van der Waals surface area contributed by atoms with Crippen molar-refractivity contribution < 1.29 is 24.2 Å². The quantitative estimate of drug-likeness (QED) is 0.631. The molecule has 1 fully saturated rings. The van der Waals surface area contributed by atoms with Crippen LogP contribution < -0.4 is 4.74 Å². The number of aromatic carboxylic acids is 1. The summed E-state index contributed by atoms with van der Waals surface area (Å²) in [7, 11) is 0. The SMILES string of the molecule is O=C(O)c1cccc(OC2CCN(C(=O)OCC3c4ccccc4-c4ccccc43)C2)c1. The van der Waals surface area contributed by atoms with Gasteiger partial charge in [0, 0.05) is 18.9 Å². The predicted molar refractivity (Wildman–Crippen MR) is 119 cm³/mol. The monoisotopic (exact) mass is 429 g/mol. The van der Waals surface area contributed by atoms with Gasteiger partial charge in [0.25, 0.3) is 0 Å². The molecule has 0 bridgehead atoms. The number of nitrogens with zero attached hydrogens (tertiary/aromatic N) is 1. The molecule has 1 heterocycles. The van der Waals surface area contributed by atoms with Gasteiger partial charge in [-0.3, -0.25) is 0 Å². The van der Waals surface area contributed by atoms with Gasteiger partial charge in [-0.1, -0.05) is 54.6 Å². The fourth-order valence-corrected chi connectivity index (χ4v) is 4.57. The molecule has 1 amide bonds. The number of amides is 1. The highest BCUT2D eigenvalue weighted by Crippen LogP contribution is 2.44. The van der Waals surface area contributed by atoms with E-state index in [4.69, 9.17) is 14.6 Å². The number of hydrogen-bond donors (Lipinski definition) is 1. The average Bonchev–Trinajstić information content (AvgIpc) is 3.40. The number of carbonyl (C=O) groups is 2. The van der Waals surface area contributed by atoms with E-state index in [-0.39, 0.29) is 30.3 Å². The van der Waals surface area contributed by atoms with Crippen molar-refractivity contribution in [3.05, 3.63) is 89.5 Å². The van der Waals surface area contributed by atoms with E-state index in [0.29, 0.717) is 25.3 Å². The smallest absolute Gasteiger partial charge is 0.409 e. The molecule has 5 rings (SSSR count). The third kappa shape index (κ3) is 3.80. The summed E-state index contributed by atoms with van der Waals surface area (Å²) < 4.78 is 11.6. The number of carboxylic acids is 1. The molecule has 0 aromatic heterocycles. The molecule has 2 aliphatic rings. The number of hydrogen-bond acceptors (Lipinski definition) is 4. The molecule has 1 unspecified atom stereocenters. The van der Waals surface area contributed by atoms with Crippen LogP contribution in [0.3, 0.4) is 0 Å². The van der Waals surface area contributed by atoms with Crippen molar-refractivity contribution in [3.63, 3.8) is 0 Å². The Labute approximate surface area is 186 Å². The van der Waals surface area contributed by atoms with Crippen LogP contribution in [0.4, 0.5) is 4.79 Å². The Morgan fingerprint density at radius 2 is 1.62 bits per heavy atom. The number of carboxylic acid groups (broad SMARTS) is 1. The molecule has 3 aromatic carbocycles. The molecule has 6 nitrogen and oxygen atoms in total. The number of fused-ring (bicyclic) bond motifs is 3. The Hall–Kier alpha value is -3.80. The first-order chi connectivity index (χ1) is 15.6. The van der Waals surface area contributed by atoms with Gasteiger partial charge in [0.05, 0.1) is 12.1 Å². The topological polar surface area (TPSA) is 76.1 Å². The molecular formula is C26H23NO5. The second-order valence-electron chi connectivity index (χ2n) is 8.11. The average molecular weight is 429 g/mol. The molecule has 1 aliphatic carbocycles. The third-order valence-corrected chi connectivity index (χ3v) is 6.12. The van der Waals surface area contributed by atoms with Crippen LogP contribution in [0, 0.1) is 0 Å². The number of likely N-dealkylation sites (tertiary alicyclic amines) is 1. The van der Waals surface area contributed by atoms with E-state index >= 15 is 0 Å². The van der Waals surface area contributed by atoms with Crippen molar-refractivity contribution in [3.8, 4) is 16.9 Å². The van der Waals surface area contributed by atoms with Crippen molar-refractivity contribution in [2.75, 3.05) is 19.7 Å². The van der Waals surface area contributed by atoms with Crippen LogP contribution >= 0.6 is 0 Å². The number of ether oxygens (including phenoxy) is 2. The Balaban J connectivity index is 1.21. The maximum absolute atomic E-state index is 12.7. The van der Waals surface area contributed by atoms with E-state index in [1.807, 2.05) is 24.3 Å². The van der Waals surface area contributed by atoms with Crippen LogP contribution in [0.15, 0.2) is 72.8 Å². The van der Waals surface area contributed by atoms with Gasteiger partial charge in [0.2, 0.25) is 0 Å². The van der Waals surface area contributed by atoms with E-state index in [0.717, 1.165) is 0 Å². The largest absolute Gasteiger partial charge is 0.488 e. The van der Waals surface area contributed by atoms with Gasteiger partial charge in [-0.25, -0.2) is 9.59 Å². The highest BCUT2D eigenvalue weighted by molar-refractivity contribution is 5.88. The molecule has 1 atom stereocenters. The minimum atomic E-state index is -0.998. The van der Waals surface area contributed by atoms with E-state index in [1.165, 1.54) is 34.4 Å². The van der Waals surface area contributed by atoms with Crippen LogP contribution in [0.1, 0.15) is 33.8 Å². The lowest BCUT2D eigenvalue weighted by Crippen LogP contribution is -2.32.